The van der Waals surface area contributed by atoms with Crippen LogP contribution in [-0.2, 0) is 6.54 Å². The average Bonchev–Trinajstić information content (AvgIpc) is 3.17. The Labute approximate surface area is 168 Å². The topological polar surface area (TPSA) is 67.1 Å². The molecule has 0 saturated carbocycles. The van der Waals surface area contributed by atoms with Crippen molar-refractivity contribution in [2.75, 3.05) is 25.5 Å². The van der Waals surface area contributed by atoms with Gasteiger partial charge in [-0.2, -0.15) is 4.98 Å². The molecule has 2 heterocycles. The van der Waals surface area contributed by atoms with Crippen molar-refractivity contribution in [3.8, 4) is 11.3 Å². The third-order valence-corrected chi connectivity index (χ3v) is 4.69. The summed E-state index contributed by atoms with van der Waals surface area (Å²) in [6, 6.07) is 16.5. The number of nitrogens with one attached hydrogen (secondary N) is 1. The van der Waals surface area contributed by atoms with Gasteiger partial charge in [0.25, 0.3) is 5.71 Å². The Hall–Kier alpha value is -3.32. The SMILES string of the molecule is CN(CCCNc1ncnc2onc(-c3ccc(F)cc3)c12)Cc1ccccc1. The summed E-state index contributed by atoms with van der Waals surface area (Å²) in [5, 5.41) is 8.18. The van der Waals surface area contributed by atoms with Gasteiger partial charge in [0.15, 0.2) is 0 Å². The molecule has 4 rings (SSSR count). The summed E-state index contributed by atoms with van der Waals surface area (Å²) in [5.41, 5.74) is 3.06. The van der Waals surface area contributed by atoms with Gasteiger partial charge in [-0.25, -0.2) is 9.37 Å². The molecule has 0 spiro atoms. The third kappa shape index (κ3) is 4.57. The van der Waals surface area contributed by atoms with Gasteiger partial charge in [0.05, 0.1) is 0 Å². The first-order valence-electron chi connectivity index (χ1n) is 9.53. The van der Waals surface area contributed by atoms with E-state index in [9.17, 15) is 4.39 Å². The molecule has 6 nitrogen and oxygen atoms in total. The average molecular weight is 391 g/mol. The zero-order chi connectivity index (χ0) is 20.1. The molecule has 0 aliphatic rings. The van der Waals surface area contributed by atoms with Crippen molar-refractivity contribution < 1.29 is 8.91 Å². The molecule has 0 unspecified atom stereocenters. The first-order valence-corrected chi connectivity index (χ1v) is 9.53. The van der Waals surface area contributed by atoms with E-state index in [1.807, 2.05) is 6.07 Å². The molecular weight excluding hydrogens is 369 g/mol. The van der Waals surface area contributed by atoms with E-state index in [0.29, 0.717) is 22.6 Å². The Bertz CT molecular complexity index is 1070. The molecule has 29 heavy (non-hydrogen) atoms. The van der Waals surface area contributed by atoms with Crippen LogP contribution in [0.1, 0.15) is 12.0 Å². The van der Waals surface area contributed by atoms with Crippen LogP contribution in [0.3, 0.4) is 0 Å². The summed E-state index contributed by atoms with van der Waals surface area (Å²) in [5.74, 6) is 0.372. The molecule has 0 bridgehead atoms. The van der Waals surface area contributed by atoms with Gasteiger partial charge in [-0.15, -0.1) is 0 Å². The Morgan fingerprint density at radius 1 is 1.03 bits per heavy atom. The Morgan fingerprint density at radius 2 is 1.83 bits per heavy atom. The van der Waals surface area contributed by atoms with Crippen LogP contribution in [0.5, 0.6) is 0 Å². The predicted molar refractivity (Wildman–Crippen MR) is 111 cm³/mol. The zero-order valence-corrected chi connectivity index (χ0v) is 16.2. The van der Waals surface area contributed by atoms with Gasteiger partial charge >= 0.3 is 0 Å². The maximum atomic E-state index is 13.2. The van der Waals surface area contributed by atoms with E-state index >= 15 is 0 Å². The van der Waals surface area contributed by atoms with E-state index in [4.69, 9.17) is 4.52 Å². The van der Waals surface area contributed by atoms with Crippen LogP contribution in [0, 0.1) is 5.82 Å². The fourth-order valence-electron chi connectivity index (χ4n) is 3.26. The van der Waals surface area contributed by atoms with Crippen molar-refractivity contribution >= 4 is 16.9 Å². The molecule has 0 aliphatic carbocycles. The van der Waals surface area contributed by atoms with Crippen LogP contribution in [-0.4, -0.2) is 40.2 Å². The lowest BCUT2D eigenvalue weighted by Gasteiger charge is -2.17. The summed E-state index contributed by atoms with van der Waals surface area (Å²) in [6.45, 7) is 2.61. The molecule has 7 heteroatoms. The summed E-state index contributed by atoms with van der Waals surface area (Å²) in [6.07, 6.45) is 2.40. The number of fused-ring (bicyclic) bond motifs is 1. The van der Waals surface area contributed by atoms with Gasteiger partial charge < -0.3 is 14.7 Å². The van der Waals surface area contributed by atoms with Gasteiger partial charge in [-0.1, -0.05) is 35.5 Å². The lowest BCUT2D eigenvalue weighted by molar-refractivity contribution is 0.325. The standard InChI is InChI=1S/C22H22FN5O/c1-28(14-16-6-3-2-4-7-16)13-5-12-24-21-19-20(17-8-10-18(23)11-9-17)27-29-22(19)26-15-25-21/h2-4,6-11,15H,5,12-14H2,1H3,(H,24,25,26). The normalized spacial score (nSPS) is 11.3. The maximum Gasteiger partial charge on any atom is 0.263 e. The number of halogens is 1. The molecular formula is C22H22FN5O. The molecule has 2 aromatic heterocycles. The largest absolute Gasteiger partial charge is 0.369 e. The minimum absolute atomic E-state index is 0.296. The third-order valence-electron chi connectivity index (χ3n) is 4.69. The Morgan fingerprint density at radius 3 is 2.62 bits per heavy atom. The smallest absolute Gasteiger partial charge is 0.263 e. The number of aromatic nitrogens is 3. The Kier molecular flexibility index (Phi) is 5.76. The lowest BCUT2D eigenvalue weighted by atomic mass is 10.1. The molecule has 0 fully saturated rings. The summed E-state index contributed by atoms with van der Waals surface area (Å²) in [4.78, 5) is 10.8. The second-order valence-electron chi connectivity index (χ2n) is 6.94. The van der Waals surface area contributed by atoms with E-state index in [2.05, 4.69) is 56.7 Å². The minimum Gasteiger partial charge on any atom is -0.369 e. The maximum absolute atomic E-state index is 13.2. The highest BCUT2D eigenvalue weighted by Gasteiger charge is 2.16. The summed E-state index contributed by atoms with van der Waals surface area (Å²) in [7, 11) is 2.11. The van der Waals surface area contributed by atoms with Crippen LogP contribution >= 0.6 is 0 Å². The van der Waals surface area contributed by atoms with Crippen molar-refractivity contribution in [2.45, 2.75) is 13.0 Å². The molecule has 2 aromatic carbocycles. The van der Waals surface area contributed by atoms with Crippen LogP contribution in [0.4, 0.5) is 10.2 Å². The molecule has 0 saturated heterocycles. The van der Waals surface area contributed by atoms with Crippen LogP contribution in [0.25, 0.3) is 22.4 Å². The van der Waals surface area contributed by atoms with E-state index in [1.54, 1.807) is 12.1 Å². The van der Waals surface area contributed by atoms with E-state index in [1.165, 1.54) is 24.0 Å². The van der Waals surface area contributed by atoms with Gasteiger partial charge in [-0.3, -0.25) is 0 Å². The quantitative estimate of drug-likeness (QED) is 0.450. The predicted octanol–water partition coefficient (Wildman–Crippen LogP) is 4.36. The number of hydrogen-bond donors (Lipinski definition) is 1. The van der Waals surface area contributed by atoms with E-state index in [-0.39, 0.29) is 5.82 Å². The van der Waals surface area contributed by atoms with E-state index < -0.39 is 0 Å². The van der Waals surface area contributed by atoms with Gasteiger partial charge in [0.1, 0.15) is 29.0 Å². The number of hydrogen-bond acceptors (Lipinski definition) is 6. The fraction of sp³-hybridized carbons (Fsp3) is 0.227. The second-order valence-corrected chi connectivity index (χ2v) is 6.94. The van der Waals surface area contributed by atoms with Crippen molar-refractivity contribution in [2.24, 2.45) is 0 Å². The summed E-state index contributed by atoms with van der Waals surface area (Å²) < 4.78 is 18.6. The highest BCUT2D eigenvalue weighted by atomic mass is 19.1. The lowest BCUT2D eigenvalue weighted by Crippen LogP contribution is -2.21. The van der Waals surface area contributed by atoms with Crippen molar-refractivity contribution in [3.63, 3.8) is 0 Å². The molecule has 0 atom stereocenters. The zero-order valence-electron chi connectivity index (χ0n) is 16.2. The highest BCUT2D eigenvalue weighted by molar-refractivity contribution is 5.97. The fourth-order valence-corrected chi connectivity index (χ4v) is 3.26. The van der Waals surface area contributed by atoms with E-state index in [0.717, 1.165) is 31.6 Å². The molecule has 0 amide bonds. The molecule has 4 aromatic rings. The number of anilines is 1. The first kappa shape index (κ1) is 19.0. The number of rotatable bonds is 8. The van der Waals surface area contributed by atoms with Crippen molar-refractivity contribution in [1.82, 2.24) is 20.0 Å². The van der Waals surface area contributed by atoms with Crippen LogP contribution in [0.15, 0.2) is 65.4 Å². The van der Waals surface area contributed by atoms with Crippen LogP contribution in [0.2, 0.25) is 0 Å². The van der Waals surface area contributed by atoms with Crippen molar-refractivity contribution in [3.05, 3.63) is 72.3 Å². The number of nitrogens with zero attached hydrogens (tertiary/aromatic N) is 4. The molecule has 0 radical (unpaired) electrons. The minimum atomic E-state index is -0.296. The van der Waals surface area contributed by atoms with Gasteiger partial charge in [0, 0.05) is 18.7 Å². The molecule has 1 N–H and O–H groups in total. The Balaban J connectivity index is 1.40. The van der Waals surface area contributed by atoms with Gasteiger partial charge in [-0.05, 0) is 49.8 Å². The monoisotopic (exact) mass is 391 g/mol. The van der Waals surface area contributed by atoms with Crippen molar-refractivity contribution in [1.29, 1.82) is 0 Å². The molecule has 148 valence electrons. The number of benzene rings is 2. The first-order chi connectivity index (χ1) is 14.2. The van der Waals surface area contributed by atoms with Gasteiger partial charge in [0.2, 0.25) is 0 Å². The second kappa shape index (κ2) is 8.79. The highest BCUT2D eigenvalue weighted by Crippen LogP contribution is 2.31. The molecule has 0 aliphatic heterocycles. The van der Waals surface area contributed by atoms with Crippen LogP contribution < -0.4 is 5.32 Å². The summed E-state index contributed by atoms with van der Waals surface area (Å²) >= 11 is 0.